The smallest absolute Gasteiger partial charge is 0.416 e. The first-order valence-corrected chi connectivity index (χ1v) is 12.7. The van der Waals surface area contributed by atoms with Crippen LogP contribution in [0.5, 0.6) is 5.75 Å². The van der Waals surface area contributed by atoms with E-state index in [1.165, 1.54) is 23.3 Å². The SMILES string of the molecule is Cc1c(OCCCn2nccn2)ccc([C@H](C)N2C[C@@H]3C=C2CN3C(=O)c2ccc(C(F)(F)F)cc2)c1C. The summed E-state index contributed by atoms with van der Waals surface area (Å²) in [5.41, 5.74) is 4.04. The Balaban J connectivity index is 1.19. The summed E-state index contributed by atoms with van der Waals surface area (Å²) in [4.78, 5) is 18.7. The Morgan fingerprint density at radius 2 is 1.79 bits per heavy atom. The molecule has 2 aromatic carbocycles. The average Bonchev–Trinajstić information content (AvgIpc) is 3.66. The summed E-state index contributed by atoms with van der Waals surface area (Å²) < 4.78 is 44.7. The number of piperazine rings is 1. The van der Waals surface area contributed by atoms with E-state index in [1.807, 2.05) is 6.07 Å². The van der Waals surface area contributed by atoms with Gasteiger partial charge in [0.2, 0.25) is 0 Å². The molecule has 5 rings (SSSR count). The van der Waals surface area contributed by atoms with Gasteiger partial charge in [0.05, 0.1) is 49.7 Å². The fraction of sp³-hybridized carbons (Fsp3) is 0.393. The molecule has 2 aliphatic rings. The van der Waals surface area contributed by atoms with Crippen LogP contribution in [0.1, 0.15) is 52.0 Å². The van der Waals surface area contributed by atoms with E-state index in [2.05, 4.69) is 48.0 Å². The van der Waals surface area contributed by atoms with Crippen molar-refractivity contribution >= 4 is 5.91 Å². The van der Waals surface area contributed by atoms with Gasteiger partial charge in [-0.15, -0.1) is 0 Å². The van der Waals surface area contributed by atoms with E-state index in [0.717, 1.165) is 35.6 Å². The molecule has 3 aromatic rings. The van der Waals surface area contributed by atoms with Crippen molar-refractivity contribution in [2.24, 2.45) is 0 Å². The third-order valence-corrected chi connectivity index (χ3v) is 7.51. The van der Waals surface area contributed by atoms with Crippen molar-refractivity contribution in [1.29, 1.82) is 0 Å². The predicted octanol–water partition coefficient (Wildman–Crippen LogP) is 5.17. The zero-order chi connectivity index (χ0) is 27.0. The van der Waals surface area contributed by atoms with Gasteiger partial charge in [0.15, 0.2) is 0 Å². The highest BCUT2D eigenvalue weighted by molar-refractivity contribution is 5.95. The van der Waals surface area contributed by atoms with Gasteiger partial charge in [-0.05, 0) is 73.9 Å². The average molecular weight is 526 g/mol. The van der Waals surface area contributed by atoms with Crippen LogP contribution in [0.15, 0.2) is 60.6 Å². The number of fused-ring (bicyclic) bond motifs is 1. The lowest BCUT2D eigenvalue weighted by Gasteiger charge is -2.39. The Labute approximate surface area is 219 Å². The summed E-state index contributed by atoms with van der Waals surface area (Å²) in [6.07, 6.45) is 1.78. The van der Waals surface area contributed by atoms with E-state index in [-0.39, 0.29) is 23.6 Å². The molecular weight excluding hydrogens is 495 g/mol. The molecule has 38 heavy (non-hydrogen) atoms. The Kier molecular flexibility index (Phi) is 6.90. The number of hydrogen-bond donors (Lipinski definition) is 0. The van der Waals surface area contributed by atoms with Gasteiger partial charge in [0, 0.05) is 24.2 Å². The molecule has 0 radical (unpaired) electrons. The number of carbonyl (C=O) groups is 1. The second-order valence-electron chi connectivity index (χ2n) is 9.79. The van der Waals surface area contributed by atoms with Crippen LogP contribution >= 0.6 is 0 Å². The number of hydrogen-bond acceptors (Lipinski definition) is 5. The first-order valence-electron chi connectivity index (χ1n) is 12.7. The lowest BCUT2D eigenvalue weighted by atomic mass is 9.96. The van der Waals surface area contributed by atoms with E-state index < -0.39 is 11.7 Å². The topological polar surface area (TPSA) is 63.5 Å². The van der Waals surface area contributed by atoms with Gasteiger partial charge in [0.25, 0.3) is 5.91 Å². The zero-order valence-electron chi connectivity index (χ0n) is 21.6. The van der Waals surface area contributed by atoms with Crippen LogP contribution in [0.25, 0.3) is 0 Å². The largest absolute Gasteiger partial charge is 0.493 e. The Morgan fingerprint density at radius 1 is 1.08 bits per heavy atom. The Bertz CT molecular complexity index is 1340. The third-order valence-electron chi connectivity index (χ3n) is 7.51. The summed E-state index contributed by atoms with van der Waals surface area (Å²) >= 11 is 0. The van der Waals surface area contributed by atoms with Gasteiger partial charge in [-0.3, -0.25) is 4.79 Å². The van der Waals surface area contributed by atoms with Gasteiger partial charge in [-0.2, -0.15) is 28.2 Å². The summed E-state index contributed by atoms with van der Waals surface area (Å²) in [6, 6.07) is 8.56. The molecule has 10 heteroatoms. The molecule has 7 nitrogen and oxygen atoms in total. The molecule has 0 saturated carbocycles. The van der Waals surface area contributed by atoms with Crippen LogP contribution in [-0.4, -0.2) is 56.4 Å². The van der Waals surface area contributed by atoms with Crippen molar-refractivity contribution in [3.63, 3.8) is 0 Å². The van der Waals surface area contributed by atoms with Crippen molar-refractivity contribution < 1.29 is 22.7 Å². The molecule has 3 heterocycles. The van der Waals surface area contributed by atoms with E-state index >= 15 is 0 Å². The van der Waals surface area contributed by atoms with E-state index in [9.17, 15) is 18.0 Å². The zero-order valence-corrected chi connectivity index (χ0v) is 21.6. The number of carbonyl (C=O) groups excluding carboxylic acids is 1. The molecule has 0 spiro atoms. The maximum absolute atomic E-state index is 13.0. The van der Waals surface area contributed by atoms with Gasteiger partial charge in [0.1, 0.15) is 5.75 Å². The van der Waals surface area contributed by atoms with Crippen LogP contribution in [0.2, 0.25) is 0 Å². The van der Waals surface area contributed by atoms with Crippen molar-refractivity contribution in [1.82, 2.24) is 24.8 Å². The standard InChI is InChI=1S/C28H30F3N5O2/c1-18-19(2)26(38-14-4-13-36-32-11-12-33-36)10-9-25(18)20(3)34-16-24-15-23(34)17-35(24)27(37)21-5-7-22(8-6-21)28(29,30)31/h5-12,15,20,24H,4,13-14,16-17H2,1-3H3/t20-,24-/m0/s1. The van der Waals surface area contributed by atoms with Crippen LogP contribution in [0, 0.1) is 13.8 Å². The van der Waals surface area contributed by atoms with E-state index in [1.54, 1.807) is 22.1 Å². The molecule has 0 N–H and O–H groups in total. The highest BCUT2D eigenvalue weighted by Crippen LogP contribution is 2.39. The molecule has 0 fully saturated rings. The van der Waals surface area contributed by atoms with Crippen LogP contribution in [-0.2, 0) is 12.7 Å². The van der Waals surface area contributed by atoms with Gasteiger partial charge in [-0.25, -0.2) is 0 Å². The fourth-order valence-corrected chi connectivity index (χ4v) is 5.25. The van der Waals surface area contributed by atoms with Crippen molar-refractivity contribution in [2.75, 3.05) is 19.7 Å². The minimum atomic E-state index is -4.42. The molecule has 1 amide bonds. The summed E-state index contributed by atoms with van der Waals surface area (Å²) in [5.74, 6) is 0.612. The van der Waals surface area contributed by atoms with Gasteiger partial charge >= 0.3 is 6.18 Å². The molecular formula is C28H30F3N5O2. The predicted molar refractivity (Wildman–Crippen MR) is 136 cm³/mol. The lowest BCUT2D eigenvalue weighted by molar-refractivity contribution is -0.137. The minimum absolute atomic E-state index is 0.101. The molecule has 2 aliphatic heterocycles. The van der Waals surface area contributed by atoms with E-state index in [4.69, 9.17) is 4.74 Å². The molecule has 2 atom stereocenters. The van der Waals surface area contributed by atoms with E-state index in [0.29, 0.717) is 26.2 Å². The molecule has 0 aliphatic carbocycles. The quantitative estimate of drug-likeness (QED) is 0.380. The number of amides is 1. The molecule has 200 valence electrons. The van der Waals surface area contributed by atoms with Crippen LogP contribution in [0.4, 0.5) is 13.2 Å². The molecule has 2 bridgehead atoms. The number of nitrogens with zero attached hydrogens (tertiary/aromatic N) is 5. The second-order valence-corrected chi connectivity index (χ2v) is 9.79. The number of alkyl halides is 3. The summed E-state index contributed by atoms with van der Waals surface area (Å²) in [6.45, 7) is 8.69. The molecule has 0 unspecified atom stereocenters. The lowest BCUT2D eigenvalue weighted by Crippen LogP contribution is -2.47. The number of halogens is 3. The summed E-state index contributed by atoms with van der Waals surface area (Å²) in [7, 11) is 0. The molecule has 1 aromatic heterocycles. The van der Waals surface area contributed by atoms with Gasteiger partial charge < -0.3 is 14.5 Å². The Hall–Kier alpha value is -3.82. The number of aromatic nitrogens is 3. The first kappa shape index (κ1) is 25.8. The Morgan fingerprint density at radius 3 is 2.42 bits per heavy atom. The number of rotatable bonds is 8. The monoisotopic (exact) mass is 525 g/mol. The van der Waals surface area contributed by atoms with Crippen molar-refractivity contribution in [3.05, 3.63) is 88.4 Å². The van der Waals surface area contributed by atoms with Crippen molar-refractivity contribution in [2.45, 2.75) is 52.0 Å². The fourth-order valence-electron chi connectivity index (χ4n) is 5.25. The van der Waals surface area contributed by atoms with Crippen LogP contribution in [0.3, 0.4) is 0 Å². The third kappa shape index (κ3) is 4.99. The maximum atomic E-state index is 13.0. The number of benzene rings is 2. The number of ether oxygens (including phenoxy) is 1. The van der Waals surface area contributed by atoms with Gasteiger partial charge in [-0.1, -0.05) is 6.07 Å². The van der Waals surface area contributed by atoms with Crippen molar-refractivity contribution in [3.8, 4) is 5.75 Å². The minimum Gasteiger partial charge on any atom is -0.493 e. The maximum Gasteiger partial charge on any atom is 0.416 e. The highest BCUT2D eigenvalue weighted by Gasteiger charge is 2.41. The normalized spacial score (nSPS) is 17.6. The second kappa shape index (κ2) is 10.2. The summed E-state index contributed by atoms with van der Waals surface area (Å²) in [5, 5.41) is 8.20. The highest BCUT2D eigenvalue weighted by atomic mass is 19.4. The van der Waals surface area contributed by atoms with Crippen LogP contribution < -0.4 is 4.74 Å². The molecule has 0 saturated heterocycles. The first-order chi connectivity index (χ1) is 18.1. The number of aryl methyl sites for hydroxylation is 1.